The molecule has 4 heteroatoms. The number of carbonyl (C=O) groups excluding carboxylic acids is 1. The summed E-state index contributed by atoms with van der Waals surface area (Å²) in [5.41, 5.74) is -0.650. The monoisotopic (exact) mass is 255 g/mol. The predicted octanol–water partition coefficient (Wildman–Crippen LogP) is 2.57. The molecule has 1 aliphatic carbocycles. The highest BCUT2D eigenvalue weighted by Gasteiger charge is 2.32. The minimum atomic E-state index is -0.870. The zero-order valence-electron chi connectivity index (χ0n) is 11.7. The van der Waals surface area contributed by atoms with Gasteiger partial charge < -0.3 is 10.4 Å². The molecule has 4 nitrogen and oxygen atoms in total. The van der Waals surface area contributed by atoms with Crippen molar-refractivity contribution < 1.29 is 14.7 Å². The van der Waals surface area contributed by atoms with E-state index >= 15 is 0 Å². The number of carboxylic acid groups (broad SMARTS) is 1. The first-order valence-electron chi connectivity index (χ1n) is 6.86. The molecule has 0 heterocycles. The highest BCUT2D eigenvalue weighted by atomic mass is 16.4. The minimum Gasteiger partial charge on any atom is -0.481 e. The number of hydrogen-bond donors (Lipinski definition) is 2. The Morgan fingerprint density at radius 2 is 2.00 bits per heavy atom. The zero-order chi connectivity index (χ0) is 13.8. The summed E-state index contributed by atoms with van der Waals surface area (Å²) in [7, 11) is 0. The number of amides is 1. The summed E-state index contributed by atoms with van der Waals surface area (Å²) in [6.45, 7) is 5.69. The molecule has 0 saturated heterocycles. The van der Waals surface area contributed by atoms with Crippen LogP contribution in [0, 0.1) is 11.8 Å². The summed E-state index contributed by atoms with van der Waals surface area (Å²) in [5, 5.41) is 11.8. The van der Waals surface area contributed by atoms with E-state index in [1.807, 2.05) is 20.8 Å². The molecule has 0 aromatic carbocycles. The molecule has 1 saturated carbocycles. The molecule has 2 N–H and O–H groups in total. The van der Waals surface area contributed by atoms with Crippen molar-refractivity contribution in [2.45, 2.75) is 64.8 Å². The fraction of sp³-hybridized carbons (Fsp3) is 0.857. The molecule has 1 unspecified atom stereocenters. The maximum Gasteiger partial charge on any atom is 0.305 e. The first-order valence-corrected chi connectivity index (χ1v) is 6.86. The summed E-state index contributed by atoms with van der Waals surface area (Å²) < 4.78 is 0. The molecular weight excluding hydrogens is 230 g/mol. The molecule has 0 aromatic heterocycles. The Labute approximate surface area is 109 Å². The predicted molar refractivity (Wildman–Crippen MR) is 70.2 cm³/mol. The molecule has 0 bridgehead atoms. The van der Waals surface area contributed by atoms with Crippen LogP contribution in [0.3, 0.4) is 0 Å². The van der Waals surface area contributed by atoms with Crippen molar-refractivity contribution in [2.75, 3.05) is 0 Å². The molecule has 0 aliphatic heterocycles. The SMILES string of the molecule is CC(C)C(C)(CC(=O)O)NC(=O)CCC1CCC1. The van der Waals surface area contributed by atoms with Crippen molar-refractivity contribution >= 4 is 11.9 Å². The van der Waals surface area contributed by atoms with E-state index in [1.165, 1.54) is 19.3 Å². The van der Waals surface area contributed by atoms with Crippen molar-refractivity contribution in [3.63, 3.8) is 0 Å². The Morgan fingerprint density at radius 1 is 1.39 bits per heavy atom. The van der Waals surface area contributed by atoms with Crippen LogP contribution in [0.25, 0.3) is 0 Å². The van der Waals surface area contributed by atoms with Gasteiger partial charge in [0.15, 0.2) is 0 Å². The van der Waals surface area contributed by atoms with E-state index in [1.54, 1.807) is 0 Å². The van der Waals surface area contributed by atoms with Crippen LogP contribution in [0.4, 0.5) is 0 Å². The van der Waals surface area contributed by atoms with E-state index in [-0.39, 0.29) is 18.2 Å². The third-order valence-electron chi connectivity index (χ3n) is 4.22. The van der Waals surface area contributed by atoms with Crippen LogP contribution in [0.15, 0.2) is 0 Å². The van der Waals surface area contributed by atoms with Gasteiger partial charge in [0.1, 0.15) is 0 Å². The van der Waals surface area contributed by atoms with Gasteiger partial charge >= 0.3 is 5.97 Å². The van der Waals surface area contributed by atoms with Crippen LogP contribution in [0.5, 0.6) is 0 Å². The van der Waals surface area contributed by atoms with Crippen molar-refractivity contribution in [1.29, 1.82) is 0 Å². The Morgan fingerprint density at radius 3 is 2.39 bits per heavy atom. The van der Waals surface area contributed by atoms with Crippen molar-refractivity contribution in [2.24, 2.45) is 11.8 Å². The molecule has 104 valence electrons. The first-order chi connectivity index (χ1) is 8.33. The summed E-state index contributed by atoms with van der Waals surface area (Å²) in [4.78, 5) is 22.8. The Hall–Kier alpha value is -1.06. The molecule has 1 amide bonds. The quantitative estimate of drug-likeness (QED) is 0.734. The molecule has 1 rings (SSSR count). The standard InChI is InChI=1S/C14H25NO3/c1-10(2)14(3,9-13(17)18)15-12(16)8-7-11-5-4-6-11/h10-11H,4-9H2,1-3H3,(H,15,16)(H,17,18). The highest BCUT2D eigenvalue weighted by Crippen LogP contribution is 2.30. The van der Waals surface area contributed by atoms with Gasteiger partial charge in [-0.05, 0) is 25.2 Å². The lowest BCUT2D eigenvalue weighted by molar-refractivity contribution is -0.139. The summed E-state index contributed by atoms with van der Waals surface area (Å²) >= 11 is 0. The lowest BCUT2D eigenvalue weighted by atomic mass is 9.81. The summed E-state index contributed by atoms with van der Waals surface area (Å²) in [6.07, 6.45) is 5.20. The van der Waals surface area contributed by atoms with E-state index in [2.05, 4.69) is 5.32 Å². The minimum absolute atomic E-state index is 0.0145. The average Bonchev–Trinajstić information content (AvgIpc) is 2.12. The lowest BCUT2D eigenvalue weighted by Gasteiger charge is -2.34. The first kappa shape index (κ1) is 15.0. The number of carbonyl (C=O) groups is 2. The molecule has 1 aliphatic rings. The van der Waals surface area contributed by atoms with E-state index < -0.39 is 11.5 Å². The maximum atomic E-state index is 11.9. The van der Waals surface area contributed by atoms with Crippen LogP contribution < -0.4 is 5.32 Å². The smallest absolute Gasteiger partial charge is 0.305 e. The largest absolute Gasteiger partial charge is 0.481 e. The van der Waals surface area contributed by atoms with E-state index in [4.69, 9.17) is 5.11 Å². The number of aliphatic carboxylic acids is 1. The molecular formula is C14H25NO3. The second-order valence-electron chi connectivity index (χ2n) is 6.03. The fourth-order valence-electron chi connectivity index (χ4n) is 2.20. The van der Waals surface area contributed by atoms with Gasteiger partial charge in [0.05, 0.1) is 6.42 Å². The van der Waals surface area contributed by atoms with Crippen LogP contribution in [0.2, 0.25) is 0 Å². The molecule has 0 spiro atoms. The molecule has 0 radical (unpaired) electrons. The van der Waals surface area contributed by atoms with E-state index in [9.17, 15) is 9.59 Å². The zero-order valence-corrected chi connectivity index (χ0v) is 11.7. The maximum absolute atomic E-state index is 11.9. The van der Waals surface area contributed by atoms with Gasteiger partial charge in [-0.25, -0.2) is 0 Å². The van der Waals surface area contributed by atoms with Gasteiger partial charge in [-0.2, -0.15) is 0 Å². The van der Waals surface area contributed by atoms with Gasteiger partial charge in [-0.15, -0.1) is 0 Å². The summed E-state index contributed by atoms with van der Waals surface area (Å²) in [5.74, 6) is -0.0772. The summed E-state index contributed by atoms with van der Waals surface area (Å²) in [6, 6.07) is 0. The third-order valence-corrected chi connectivity index (χ3v) is 4.22. The lowest BCUT2D eigenvalue weighted by Crippen LogP contribution is -2.51. The Balaban J connectivity index is 2.43. The van der Waals surface area contributed by atoms with Crippen molar-refractivity contribution in [3.8, 4) is 0 Å². The number of rotatable bonds is 7. The normalized spacial score (nSPS) is 19.1. The number of carboxylic acids is 1. The highest BCUT2D eigenvalue weighted by molar-refractivity contribution is 5.78. The van der Waals surface area contributed by atoms with Crippen LogP contribution in [0.1, 0.15) is 59.3 Å². The number of hydrogen-bond acceptors (Lipinski definition) is 2. The van der Waals surface area contributed by atoms with Gasteiger partial charge in [0.25, 0.3) is 0 Å². The van der Waals surface area contributed by atoms with Gasteiger partial charge in [-0.3, -0.25) is 9.59 Å². The topological polar surface area (TPSA) is 66.4 Å². The van der Waals surface area contributed by atoms with Crippen LogP contribution in [-0.2, 0) is 9.59 Å². The van der Waals surface area contributed by atoms with Crippen LogP contribution >= 0.6 is 0 Å². The van der Waals surface area contributed by atoms with E-state index in [0.29, 0.717) is 12.3 Å². The second kappa shape index (κ2) is 6.21. The average molecular weight is 255 g/mol. The fourth-order valence-corrected chi connectivity index (χ4v) is 2.20. The number of nitrogens with one attached hydrogen (secondary N) is 1. The van der Waals surface area contributed by atoms with Crippen molar-refractivity contribution in [3.05, 3.63) is 0 Å². The molecule has 0 aromatic rings. The van der Waals surface area contributed by atoms with E-state index in [0.717, 1.165) is 6.42 Å². The Bertz CT molecular complexity index is 310. The molecule has 1 atom stereocenters. The molecule has 1 fully saturated rings. The van der Waals surface area contributed by atoms with Gasteiger partial charge in [0, 0.05) is 12.0 Å². The van der Waals surface area contributed by atoms with Gasteiger partial charge in [-0.1, -0.05) is 33.1 Å². The molecule has 18 heavy (non-hydrogen) atoms. The third kappa shape index (κ3) is 4.31. The van der Waals surface area contributed by atoms with Gasteiger partial charge in [0.2, 0.25) is 5.91 Å². The van der Waals surface area contributed by atoms with Crippen molar-refractivity contribution in [1.82, 2.24) is 5.32 Å². The second-order valence-corrected chi connectivity index (χ2v) is 6.03. The Kier molecular flexibility index (Phi) is 5.17. The van der Waals surface area contributed by atoms with Crippen LogP contribution in [-0.4, -0.2) is 22.5 Å².